The van der Waals surface area contributed by atoms with Crippen LogP contribution in [-0.2, 0) is 10.8 Å². The SMILES string of the molecule is CCCCS(=O)C(C)CC(C)N. The molecule has 74 valence electrons. The molecule has 12 heavy (non-hydrogen) atoms. The maximum atomic E-state index is 11.5. The summed E-state index contributed by atoms with van der Waals surface area (Å²) in [6.45, 7) is 6.11. The van der Waals surface area contributed by atoms with Crippen molar-refractivity contribution in [3.63, 3.8) is 0 Å². The second-order valence-corrected chi connectivity index (χ2v) is 5.44. The summed E-state index contributed by atoms with van der Waals surface area (Å²) in [5.41, 5.74) is 5.63. The van der Waals surface area contributed by atoms with Gasteiger partial charge in [-0.05, 0) is 19.8 Å². The fraction of sp³-hybridized carbons (Fsp3) is 1.00. The molecule has 0 fully saturated rings. The zero-order valence-electron chi connectivity index (χ0n) is 8.38. The molecule has 0 aromatic rings. The van der Waals surface area contributed by atoms with Crippen LogP contribution in [0, 0.1) is 0 Å². The molecular formula is C9H21NOS. The Morgan fingerprint density at radius 3 is 2.42 bits per heavy atom. The topological polar surface area (TPSA) is 43.1 Å². The number of nitrogens with two attached hydrogens (primary N) is 1. The van der Waals surface area contributed by atoms with Crippen LogP contribution in [0.5, 0.6) is 0 Å². The molecule has 2 N–H and O–H groups in total. The summed E-state index contributed by atoms with van der Waals surface area (Å²) in [5, 5.41) is 0.261. The third-order valence-corrected chi connectivity index (χ3v) is 3.63. The fourth-order valence-electron chi connectivity index (χ4n) is 1.12. The molecule has 0 spiro atoms. The molecule has 3 unspecified atom stereocenters. The van der Waals surface area contributed by atoms with Crippen LogP contribution in [0.1, 0.15) is 40.0 Å². The third-order valence-electron chi connectivity index (χ3n) is 1.85. The van der Waals surface area contributed by atoms with E-state index in [1.807, 2.05) is 13.8 Å². The average molecular weight is 191 g/mol. The van der Waals surface area contributed by atoms with Gasteiger partial charge in [0.1, 0.15) is 0 Å². The lowest BCUT2D eigenvalue weighted by Gasteiger charge is -2.13. The Kier molecular flexibility index (Phi) is 6.67. The predicted molar refractivity (Wildman–Crippen MR) is 55.6 cm³/mol. The number of hydrogen-bond acceptors (Lipinski definition) is 2. The van der Waals surface area contributed by atoms with Crippen molar-refractivity contribution in [3.8, 4) is 0 Å². The highest BCUT2D eigenvalue weighted by molar-refractivity contribution is 7.85. The van der Waals surface area contributed by atoms with E-state index in [0.29, 0.717) is 0 Å². The highest BCUT2D eigenvalue weighted by Gasteiger charge is 2.11. The summed E-state index contributed by atoms with van der Waals surface area (Å²) in [6, 6.07) is 0.172. The van der Waals surface area contributed by atoms with Crippen molar-refractivity contribution in [1.29, 1.82) is 0 Å². The maximum absolute atomic E-state index is 11.5. The van der Waals surface area contributed by atoms with Gasteiger partial charge in [-0.25, -0.2) is 0 Å². The fourth-order valence-corrected chi connectivity index (χ4v) is 2.61. The minimum Gasteiger partial charge on any atom is -0.328 e. The zero-order valence-corrected chi connectivity index (χ0v) is 9.19. The van der Waals surface area contributed by atoms with Gasteiger partial charge in [-0.3, -0.25) is 4.21 Å². The van der Waals surface area contributed by atoms with Gasteiger partial charge in [-0.1, -0.05) is 20.3 Å². The number of unbranched alkanes of at least 4 members (excludes halogenated alkanes) is 1. The molecule has 0 saturated heterocycles. The Balaban J connectivity index is 3.61. The largest absolute Gasteiger partial charge is 0.328 e. The standard InChI is InChI=1S/C9H21NOS/c1-4-5-6-12(11)9(3)7-8(2)10/h8-9H,4-7,10H2,1-3H3. The zero-order chi connectivity index (χ0) is 9.56. The molecule has 0 radical (unpaired) electrons. The van der Waals surface area contributed by atoms with E-state index in [0.717, 1.165) is 25.0 Å². The van der Waals surface area contributed by atoms with Crippen molar-refractivity contribution < 1.29 is 4.21 Å². The molecule has 0 bridgehead atoms. The summed E-state index contributed by atoms with van der Waals surface area (Å²) in [5.74, 6) is 0.838. The molecule has 0 aliphatic carbocycles. The Labute approximate surface area is 78.4 Å². The van der Waals surface area contributed by atoms with Crippen molar-refractivity contribution in [2.24, 2.45) is 5.73 Å². The second kappa shape index (κ2) is 6.61. The van der Waals surface area contributed by atoms with Gasteiger partial charge in [-0.15, -0.1) is 0 Å². The van der Waals surface area contributed by atoms with Crippen LogP contribution in [0.4, 0.5) is 0 Å². The molecule has 3 atom stereocenters. The summed E-state index contributed by atoms with van der Waals surface area (Å²) >= 11 is 0. The summed E-state index contributed by atoms with van der Waals surface area (Å²) in [7, 11) is -0.665. The molecule has 0 aliphatic rings. The van der Waals surface area contributed by atoms with Crippen LogP contribution >= 0.6 is 0 Å². The van der Waals surface area contributed by atoms with Crippen LogP contribution in [0.25, 0.3) is 0 Å². The number of rotatable bonds is 6. The van der Waals surface area contributed by atoms with Crippen LogP contribution in [0.15, 0.2) is 0 Å². The lowest BCUT2D eigenvalue weighted by atomic mass is 10.2. The Morgan fingerprint density at radius 1 is 1.42 bits per heavy atom. The first kappa shape index (κ1) is 12.1. The maximum Gasteiger partial charge on any atom is 0.0334 e. The van der Waals surface area contributed by atoms with E-state index < -0.39 is 10.8 Å². The lowest BCUT2D eigenvalue weighted by Crippen LogP contribution is -2.25. The van der Waals surface area contributed by atoms with Crippen molar-refractivity contribution in [1.82, 2.24) is 0 Å². The van der Waals surface area contributed by atoms with Crippen LogP contribution in [0.2, 0.25) is 0 Å². The Morgan fingerprint density at radius 2 is 2.00 bits per heavy atom. The van der Waals surface area contributed by atoms with Gasteiger partial charge in [0.2, 0.25) is 0 Å². The van der Waals surface area contributed by atoms with Gasteiger partial charge >= 0.3 is 0 Å². The van der Waals surface area contributed by atoms with E-state index in [-0.39, 0.29) is 11.3 Å². The molecule has 0 aromatic heterocycles. The van der Waals surface area contributed by atoms with E-state index in [2.05, 4.69) is 6.92 Å². The van der Waals surface area contributed by atoms with E-state index in [9.17, 15) is 4.21 Å². The van der Waals surface area contributed by atoms with E-state index in [1.54, 1.807) is 0 Å². The van der Waals surface area contributed by atoms with Crippen LogP contribution in [0.3, 0.4) is 0 Å². The van der Waals surface area contributed by atoms with E-state index in [4.69, 9.17) is 5.73 Å². The Hall–Kier alpha value is 0.110. The molecule has 0 aromatic carbocycles. The van der Waals surface area contributed by atoms with Crippen molar-refractivity contribution >= 4 is 10.8 Å². The van der Waals surface area contributed by atoms with Gasteiger partial charge in [-0.2, -0.15) is 0 Å². The lowest BCUT2D eigenvalue weighted by molar-refractivity contribution is 0.626. The minimum absolute atomic E-state index is 0.172. The molecule has 0 heterocycles. The average Bonchev–Trinajstić information content (AvgIpc) is 1.98. The van der Waals surface area contributed by atoms with Crippen LogP contribution in [-0.4, -0.2) is 21.3 Å². The normalized spacial score (nSPS) is 18.7. The van der Waals surface area contributed by atoms with Gasteiger partial charge in [0.05, 0.1) is 0 Å². The molecule has 0 saturated carbocycles. The molecular weight excluding hydrogens is 170 g/mol. The molecule has 3 heteroatoms. The van der Waals surface area contributed by atoms with Gasteiger partial charge in [0, 0.05) is 27.8 Å². The van der Waals surface area contributed by atoms with Gasteiger partial charge < -0.3 is 5.73 Å². The first-order valence-electron chi connectivity index (χ1n) is 4.70. The molecule has 0 aliphatic heterocycles. The highest BCUT2D eigenvalue weighted by Crippen LogP contribution is 2.05. The van der Waals surface area contributed by atoms with E-state index >= 15 is 0 Å². The monoisotopic (exact) mass is 191 g/mol. The highest BCUT2D eigenvalue weighted by atomic mass is 32.2. The van der Waals surface area contributed by atoms with Gasteiger partial charge in [0.15, 0.2) is 0 Å². The summed E-state index contributed by atoms with van der Waals surface area (Å²) in [6.07, 6.45) is 3.06. The predicted octanol–water partition coefficient (Wildman–Crippen LogP) is 1.66. The molecule has 0 rings (SSSR count). The quantitative estimate of drug-likeness (QED) is 0.694. The molecule has 2 nitrogen and oxygen atoms in total. The third kappa shape index (κ3) is 5.72. The first-order chi connectivity index (χ1) is 5.57. The second-order valence-electron chi connectivity index (χ2n) is 3.46. The van der Waals surface area contributed by atoms with Crippen molar-refractivity contribution in [2.75, 3.05) is 5.75 Å². The summed E-state index contributed by atoms with van der Waals surface area (Å²) < 4.78 is 11.5. The van der Waals surface area contributed by atoms with Gasteiger partial charge in [0.25, 0.3) is 0 Å². The summed E-state index contributed by atoms with van der Waals surface area (Å²) in [4.78, 5) is 0. The number of hydrogen-bond donors (Lipinski definition) is 1. The van der Waals surface area contributed by atoms with E-state index in [1.165, 1.54) is 0 Å². The molecule has 0 amide bonds. The van der Waals surface area contributed by atoms with Crippen molar-refractivity contribution in [2.45, 2.75) is 51.3 Å². The van der Waals surface area contributed by atoms with Crippen molar-refractivity contribution in [3.05, 3.63) is 0 Å². The van der Waals surface area contributed by atoms with Crippen LogP contribution < -0.4 is 5.73 Å². The smallest absolute Gasteiger partial charge is 0.0334 e. The minimum atomic E-state index is -0.665. The Bertz CT molecular complexity index is 136. The first-order valence-corrected chi connectivity index (χ1v) is 6.08.